The van der Waals surface area contributed by atoms with Gasteiger partial charge >= 0.3 is 0 Å². The molecule has 2 N–H and O–H groups in total. The van der Waals surface area contributed by atoms with Gasteiger partial charge in [-0.2, -0.15) is 11.8 Å². The molecule has 1 rings (SSSR count). The number of hydrogen-bond donors (Lipinski definition) is 2. The lowest BCUT2D eigenvalue weighted by Crippen LogP contribution is -2.39. The van der Waals surface area contributed by atoms with Crippen molar-refractivity contribution in [2.75, 3.05) is 33.1 Å². The Hall–Kier alpha value is -0.910. The molecule has 19 heavy (non-hydrogen) atoms. The largest absolute Gasteiger partial charge is 0.497 e. The summed E-state index contributed by atoms with van der Waals surface area (Å²) < 4.78 is 10.7. The van der Waals surface area contributed by atoms with Crippen molar-refractivity contribution >= 4 is 11.8 Å². The Bertz CT molecular complexity index is 341. The van der Waals surface area contributed by atoms with Gasteiger partial charge in [0.25, 0.3) is 0 Å². The van der Waals surface area contributed by atoms with Gasteiger partial charge in [0.1, 0.15) is 18.1 Å². The molecule has 2 unspecified atom stereocenters. The molecule has 1 aromatic rings. The minimum atomic E-state index is 0.189. The Morgan fingerprint density at radius 3 is 2.42 bits per heavy atom. The molecule has 0 aromatic heterocycles. The molecule has 0 saturated heterocycles. The SMILES string of the molecule is COc1ccc(OCCNC(C)C(CO)SC)cc1. The molecular weight excluding hydrogens is 262 g/mol. The fraction of sp³-hybridized carbons (Fsp3) is 0.571. The first-order valence-electron chi connectivity index (χ1n) is 6.35. The second-order valence-electron chi connectivity index (χ2n) is 4.22. The van der Waals surface area contributed by atoms with Crippen molar-refractivity contribution in [3.05, 3.63) is 24.3 Å². The van der Waals surface area contributed by atoms with Crippen LogP contribution in [0.2, 0.25) is 0 Å². The normalized spacial score (nSPS) is 13.9. The lowest BCUT2D eigenvalue weighted by molar-refractivity contribution is 0.265. The average molecular weight is 285 g/mol. The third kappa shape index (κ3) is 5.72. The summed E-state index contributed by atoms with van der Waals surface area (Å²) in [5.41, 5.74) is 0. The summed E-state index contributed by atoms with van der Waals surface area (Å²) >= 11 is 1.67. The van der Waals surface area contributed by atoms with Gasteiger partial charge in [-0.25, -0.2) is 0 Å². The Balaban J connectivity index is 2.22. The van der Waals surface area contributed by atoms with E-state index in [9.17, 15) is 5.11 Å². The predicted molar refractivity (Wildman–Crippen MR) is 80.3 cm³/mol. The first kappa shape index (κ1) is 16.1. The van der Waals surface area contributed by atoms with Gasteiger partial charge in [0, 0.05) is 17.8 Å². The van der Waals surface area contributed by atoms with Crippen molar-refractivity contribution < 1.29 is 14.6 Å². The third-order valence-electron chi connectivity index (χ3n) is 2.94. The van der Waals surface area contributed by atoms with Crippen molar-refractivity contribution in [2.24, 2.45) is 0 Å². The zero-order valence-electron chi connectivity index (χ0n) is 11.8. The molecule has 2 atom stereocenters. The molecule has 0 saturated carbocycles. The first-order chi connectivity index (χ1) is 9.21. The average Bonchev–Trinajstić information content (AvgIpc) is 2.45. The zero-order valence-corrected chi connectivity index (χ0v) is 12.6. The molecular formula is C14H23NO3S. The number of rotatable bonds is 9. The molecule has 0 aliphatic carbocycles. The van der Waals surface area contributed by atoms with Gasteiger partial charge in [0.05, 0.1) is 13.7 Å². The number of nitrogens with one attached hydrogen (secondary N) is 1. The second-order valence-corrected chi connectivity index (χ2v) is 5.30. The highest BCUT2D eigenvalue weighted by molar-refractivity contribution is 7.99. The maximum absolute atomic E-state index is 9.18. The summed E-state index contributed by atoms with van der Waals surface area (Å²) in [6.45, 7) is 3.62. The van der Waals surface area contributed by atoms with Crippen LogP contribution in [0.25, 0.3) is 0 Å². The van der Waals surface area contributed by atoms with Gasteiger partial charge in [-0.15, -0.1) is 0 Å². The van der Waals surface area contributed by atoms with E-state index in [0.29, 0.717) is 6.61 Å². The van der Waals surface area contributed by atoms with Crippen LogP contribution < -0.4 is 14.8 Å². The van der Waals surface area contributed by atoms with Gasteiger partial charge < -0.3 is 19.9 Å². The molecule has 0 spiro atoms. The topological polar surface area (TPSA) is 50.7 Å². The number of aliphatic hydroxyl groups excluding tert-OH is 1. The summed E-state index contributed by atoms with van der Waals surface area (Å²) in [6.07, 6.45) is 2.01. The van der Waals surface area contributed by atoms with E-state index in [4.69, 9.17) is 9.47 Å². The molecule has 0 bridgehead atoms. The summed E-state index contributed by atoms with van der Waals surface area (Å²) in [4.78, 5) is 0. The van der Waals surface area contributed by atoms with Crippen molar-refractivity contribution in [3.8, 4) is 11.5 Å². The minimum Gasteiger partial charge on any atom is -0.497 e. The van der Waals surface area contributed by atoms with Gasteiger partial charge in [-0.1, -0.05) is 0 Å². The number of hydrogen-bond acceptors (Lipinski definition) is 5. The van der Waals surface area contributed by atoms with Gasteiger partial charge in [-0.3, -0.25) is 0 Å². The summed E-state index contributed by atoms with van der Waals surface area (Å²) in [5, 5.41) is 12.7. The molecule has 0 fully saturated rings. The van der Waals surface area contributed by atoms with Crippen molar-refractivity contribution in [1.82, 2.24) is 5.32 Å². The number of ether oxygens (including phenoxy) is 2. The highest BCUT2D eigenvalue weighted by Crippen LogP contribution is 2.16. The molecule has 0 heterocycles. The lowest BCUT2D eigenvalue weighted by atomic mass is 10.2. The smallest absolute Gasteiger partial charge is 0.119 e. The van der Waals surface area contributed by atoms with Crippen LogP contribution in [0.15, 0.2) is 24.3 Å². The Labute approximate surface area is 119 Å². The van der Waals surface area contributed by atoms with Gasteiger partial charge in [0.2, 0.25) is 0 Å². The molecule has 0 amide bonds. The van der Waals surface area contributed by atoms with Gasteiger partial charge in [-0.05, 0) is 37.4 Å². The van der Waals surface area contributed by atoms with E-state index in [1.165, 1.54) is 0 Å². The minimum absolute atomic E-state index is 0.189. The van der Waals surface area contributed by atoms with Crippen LogP contribution in [0.3, 0.4) is 0 Å². The molecule has 5 heteroatoms. The van der Waals surface area contributed by atoms with Crippen LogP contribution in [0.5, 0.6) is 11.5 Å². The van der Waals surface area contributed by atoms with Crippen molar-refractivity contribution in [3.63, 3.8) is 0 Å². The number of aliphatic hydroxyl groups is 1. The maximum Gasteiger partial charge on any atom is 0.119 e. The first-order valence-corrected chi connectivity index (χ1v) is 7.64. The van der Waals surface area contributed by atoms with E-state index in [0.717, 1.165) is 18.0 Å². The van der Waals surface area contributed by atoms with Crippen LogP contribution in [0.1, 0.15) is 6.92 Å². The van der Waals surface area contributed by atoms with Crippen LogP contribution in [-0.4, -0.2) is 49.5 Å². The fourth-order valence-electron chi connectivity index (χ4n) is 1.70. The molecule has 0 radical (unpaired) electrons. The standard InChI is InChI=1S/C14H23NO3S/c1-11(14(10-16)19-3)15-8-9-18-13-6-4-12(17-2)5-7-13/h4-7,11,14-16H,8-10H2,1-3H3. The highest BCUT2D eigenvalue weighted by Gasteiger charge is 2.13. The molecule has 0 aliphatic heterocycles. The van der Waals surface area contributed by atoms with E-state index < -0.39 is 0 Å². The summed E-state index contributed by atoms with van der Waals surface area (Å²) in [5.74, 6) is 1.66. The van der Waals surface area contributed by atoms with E-state index in [1.807, 2.05) is 30.5 Å². The molecule has 1 aromatic carbocycles. The fourth-order valence-corrected chi connectivity index (χ4v) is 2.35. The van der Waals surface area contributed by atoms with E-state index >= 15 is 0 Å². The van der Waals surface area contributed by atoms with Crippen LogP contribution in [0.4, 0.5) is 0 Å². The lowest BCUT2D eigenvalue weighted by Gasteiger charge is -2.21. The van der Waals surface area contributed by atoms with Crippen molar-refractivity contribution in [1.29, 1.82) is 0 Å². The van der Waals surface area contributed by atoms with Crippen LogP contribution in [0, 0.1) is 0 Å². The number of methoxy groups -OCH3 is 1. The van der Waals surface area contributed by atoms with E-state index in [1.54, 1.807) is 18.9 Å². The van der Waals surface area contributed by atoms with Crippen LogP contribution in [-0.2, 0) is 0 Å². The summed E-state index contributed by atoms with van der Waals surface area (Å²) in [6, 6.07) is 7.79. The molecule has 0 aliphatic rings. The van der Waals surface area contributed by atoms with Crippen molar-refractivity contribution in [2.45, 2.75) is 18.2 Å². The number of benzene rings is 1. The Kier molecular flexibility index (Phi) is 7.70. The van der Waals surface area contributed by atoms with E-state index in [-0.39, 0.29) is 17.9 Å². The van der Waals surface area contributed by atoms with Gasteiger partial charge in [0.15, 0.2) is 0 Å². The quantitative estimate of drug-likeness (QED) is 0.677. The van der Waals surface area contributed by atoms with E-state index in [2.05, 4.69) is 12.2 Å². The Morgan fingerprint density at radius 2 is 1.89 bits per heavy atom. The highest BCUT2D eigenvalue weighted by atomic mass is 32.2. The third-order valence-corrected chi connectivity index (χ3v) is 4.10. The molecule has 108 valence electrons. The zero-order chi connectivity index (χ0) is 14.1. The number of thioether (sulfide) groups is 1. The second kappa shape index (κ2) is 9.07. The molecule has 4 nitrogen and oxygen atoms in total. The monoisotopic (exact) mass is 285 g/mol. The predicted octanol–water partition coefficient (Wildman–Crippen LogP) is 1.78. The summed E-state index contributed by atoms with van der Waals surface area (Å²) in [7, 11) is 1.64. The van der Waals surface area contributed by atoms with Crippen LogP contribution >= 0.6 is 11.8 Å². The Morgan fingerprint density at radius 1 is 1.26 bits per heavy atom. The maximum atomic E-state index is 9.18.